The maximum Gasteiger partial charge on any atom is 0.471 e. The molecule has 0 saturated heterocycles. The van der Waals surface area contributed by atoms with Crippen molar-refractivity contribution in [3.05, 3.63) is 71.3 Å². The molecule has 2 aromatic carbocycles. The fraction of sp³-hybridized carbons (Fsp3) is 0.211. The van der Waals surface area contributed by atoms with Gasteiger partial charge in [0.1, 0.15) is 0 Å². The smallest absolute Gasteiger partial charge is 0.388 e. The molecule has 2 aromatic rings. The van der Waals surface area contributed by atoms with E-state index in [0.717, 1.165) is 5.56 Å². The number of rotatable bonds is 4. The van der Waals surface area contributed by atoms with Gasteiger partial charge < -0.3 is 10.4 Å². The molecule has 1 amide bonds. The molecule has 3 nitrogen and oxygen atoms in total. The minimum atomic E-state index is -4.92. The number of aliphatic hydroxyl groups is 1. The topological polar surface area (TPSA) is 49.3 Å². The van der Waals surface area contributed by atoms with Gasteiger partial charge in [0, 0.05) is 17.7 Å². The monoisotopic (exact) mass is 347 g/mol. The second kappa shape index (κ2) is 8.36. The molecule has 0 fully saturated rings. The van der Waals surface area contributed by atoms with Gasteiger partial charge in [0.05, 0.1) is 6.10 Å². The van der Waals surface area contributed by atoms with E-state index < -0.39 is 18.2 Å². The van der Waals surface area contributed by atoms with Crippen LogP contribution in [0, 0.1) is 11.8 Å². The summed E-state index contributed by atoms with van der Waals surface area (Å²) in [5.41, 5.74) is 2.06. The molecule has 25 heavy (non-hydrogen) atoms. The standard InChI is InChI=1S/C19H16F3NO2/c20-19(21,22)18(25)23-12-11-17(24)16-8-4-7-15(13-16)10-9-14-5-2-1-3-6-14/h1-8,13,17,24H,11-12H2,(H,23,25). The number of nitrogens with one attached hydrogen (secondary N) is 1. The highest BCUT2D eigenvalue weighted by molar-refractivity contribution is 5.81. The average Bonchev–Trinajstić information content (AvgIpc) is 2.60. The molecular formula is C19H16F3NO2. The Balaban J connectivity index is 1.96. The fourth-order valence-electron chi connectivity index (χ4n) is 2.08. The van der Waals surface area contributed by atoms with Crippen LogP contribution in [0.2, 0.25) is 0 Å². The molecule has 0 aliphatic heterocycles. The number of hydrogen-bond donors (Lipinski definition) is 2. The first kappa shape index (κ1) is 18.6. The van der Waals surface area contributed by atoms with Crippen LogP contribution in [-0.4, -0.2) is 23.7 Å². The van der Waals surface area contributed by atoms with E-state index >= 15 is 0 Å². The van der Waals surface area contributed by atoms with Crippen molar-refractivity contribution < 1.29 is 23.1 Å². The lowest BCUT2D eigenvalue weighted by Gasteiger charge is -2.13. The van der Waals surface area contributed by atoms with E-state index in [4.69, 9.17) is 0 Å². The lowest BCUT2D eigenvalue weighted by atomic mass is 10.0. The van der Waals surface area contributed by atoms with Crippen molar-refractivity contribution in [1.82, 2.24) is 5.32 Å². The van der Waals surface area contributed by atoms with Crippen molar-refractivity contribution in [1.29, 1.82) is 0 Å². The second-order valence-corrected chi connectivity index (χ2v) is 5.30. The largest absolute Gasteiger partial charge is 0.471 e. The Bertz CT molecular complexity index is 776. The molecule has 0 bridgehead atoms. The van der Waals surface area contributed by atoms with E-state index in [1.54, 1.807) is 29.6 Å². The van der Waals surface area contributed by atoms with Crippen LogP contribution in [0.3, 0.4) is 0 Å². The Kier molecular flexibility index (Phi) is 6.20. The highest BCUT2D eigenvalue weighted by atomic mass is 19.4. The van der Waals surface area contributed by atoms with Crippen LogP contribution in [0.15, 0.2) is 54.6 Å². The van der Waals surface area contributed by atoms with E-state index in [1.807, 2.05) is 30.3 Å². The van der Waals surface area contributed by atoms with Gasteiger partial charge in [-0.05, 0) is 36.2 Å². The number of carbonyl (C=O) groups is 1. The van der Waals surface area contributed by atoms with E-state index in [9.17, 15) is 23.1 Å². The summed E-state index contributed by atoms with van der Waals surface area (Å²) in [6.45, 7) is -0.278. The second-order valence-electron chi connectivity index (χ2n) is 5.30. The first-order valence-corrected chi connectivity index (χ1v) is 7.56. The van der Waals surface area contributed by atoms with Crippen molar-refractivity contribution in [2.24, 2.45) is 0 Å². The van der Waals surface area contributed by atoms with Crippen LogP contribution in [-0.2, 0) is 4.79 Å². The Morgan fingerprint density at radius 3 is 2.36 bits per heavy atom. The molecule has 2 rings (SSSR count). The molecule has 0 aromatic heterocycles. The molecule has 0 aliphatic rings. The Morgan fingerprint density at radius 1 is 1.04 bits per heavy atom. The van der Waals surface area contributed by atoms with E-state index in [0.29, 0.717) is 11.1 Å². The van der Waals surface area contributed by atoms with Crippen LogP contribution in [0.25, 0.3) is 0 Å². The summed E-state index contributed by atoms with van der Waals surface area (Å²) in [7, 11) is 0. The van der Waals surface area contributed by atoms with Gasteiger partial charge >= 0.3 is 12.1 Å². The molecular weight excluding hydrogens is 331 g/mol. The molecule has 1 unspecified atom stereocenters. The first-order chi connectivity index (χ1) is 11.9. The quantitative estimate of drug-likeness (QED) is 0.835. The van der Waals surface area contributed by atoms with Crippen molar-refractivity contribution >= 4 is 5.91 Å². The van der Waals surface area contributed by atoms with Gasteiger partial charge in [-0.15, -0.1) is 0 Å². The van der Waals surface area contributed by atoms with Gasteiger partial charge in [0.2, 0.25) is 0 Å². The van der Waals surface area contributed by atoms with Crippen LogP contribution in [0.5, 0.6) is 0 Å². The zero-order valence-electron chi connectivity index (χ0n) is 13.2. The maximum atomic E-state index is 12.1. The number of halogens is 3. The number of amides is 1. The third-order valence-corrected chi connectivity index (χ3v) is 3.36. The summed E-state index contributed by atoms with van der Waals surface area (Å²) in [5, 5.41) is 11.8. The van der Waals surface area contributed by atoms with E-state index in [-0.39, 0.29) is 13.0 Å². The number of aliphatic hydroxyl groups excluding tert-OH is 1. The number of carbonyl (C=O) groups excluding carboxylic acids is 1. The minimum Gasteiger partial charge on any atom is -0.388 e. The minimum absolute atomic E-state index is 0.0304. The third kappa shape index (κ3) is 5.98. The molecule has 1 atom stereocenters. The molecule has 0 heterocycles. The van der Waals surface area contributed by atoms with E-state index in [1.165, 1.54) is 0 Å². The zero-order valence-corrected chi connectivity index (χ0v) is 13.2. The number of alkyl halides is 3. The predicted octanol–water partition coefficient (Wildman–Crippen LogP) is 3.19. The van der Waals surface area contributed by atoms with E-state index in [2.05, 4.69) is 11.8 Å². The predicted molar refractivity (Wildman–Crippen MR) is 87.5 cm³/mol. The van der Waals surface area contributed by atoms with Gasteiger partial charge in [-0.25, -0.2) is 0 Å². The molecule has 0 spiro atoms. The van der Waals surface area contributed by atoms with Gasteiger partial charge in [0.15, 0.2) is 0 Å². The summed E-state index contributed by atoms with van der Waals surface area (Å²) in [6, 6.07) is 16.2. The highest BCUT2D eigenvalue weighted by Gasteiger charge is 2.38. The van der Waals surface area contributed by atoms with Gasteiger partial charge in [0.25, 0.3) is 0 Å². The van der Waals surface area contributed by atoms with Gasteiger partial charge in [-0.2, -0.15) is 13.2 Å². The molecule has 6 heteroatoms. The van der Waals surface area contributed by atoms with Gasteiger partial charge in [-0.1, -0.05) is 42.2 Å². The molecule has 0 radical (unpaired) electrons. The first-order valence-electron chi connectivity index (χ1n) is 7.56. The normalized spacial score (nSPS) is 12.0. The summed E-state index contributed by atoms with van der Waals surface area (Å²) in [5.74, 6) is 3.95. The maximum absolute atomic E-state index is 12.1. The zero-order chi connectivity index (χ0) is 18.3. The molecule has 0 aliphatic carbocycles. The summed E-state index contributed by atoms with van der Waals surface area (Å²) in [4.78, 5) is 10.7. The fourth-order valence-corrected chi connectivity index (χ4v) is 2.08. The number of benzene rings is 2. The van der Waals surface area contributed by atoms with Crippen molar-refractivity contribution in [3.63, 3.8) is 0 Å². The lowest BCUT2D eigenvalue weighted by Crippen LogP contribution is -2.37. The summed E-state index contributed by atoms with van der Waals surface area (Å²) >= 11 is 0. The molecule has 0 saturated carbocycles. The Labute approximate surface area is 143 Å². The van der Waals surface area contributed by atoms with Crippen LogP contribution in [0.4, 0.5) is 13.2 Å². The summed E-state index contributed by atoms with van der Waals surface area (Å²) in [6.07, 6.45) is -5.94. The molecule has 2 N–H and O–H groups in total. The van der Waals surface area contributed by atoms with Crippen LogP contribution >= 0.6 is 0 Å². The summed E-state index contributed by atoms with van der Waals surface area (Å²) < 4.78 is 36.3. The Hall–Kier alpha value is -2.78. The van der Waals surface area contributed by atoms with Crippen LogP contribution < -0.4 is 5.32 Å². The number of hydrogen-bond acceptors (Lipinski definition) is 2. The van der Waals surface area contributed by atoms with Crippen LogP contribution in [0.1, 0.15) is 29.2 Å². The third-order valence-electron chi connectivity index (χ3n) is 3.36. The van der Waals surface area contributed by atoms with Crippen molar-refractivity contribution in [2.45, 2.75) is 18.7 Å². The SMILES string of the molecule is O=C(NCCC(O)c1cccc(C#Cc2ccccc2)c1)C(F)(F)F. The van der Waals surface area contributed by atoms with Gasteiger partial charge in [-0.3, -0.25) is 4.79 Å². The molecule has 130 valence electrons. The highest BCUT2D eigenvalue weighted by Crippen LogP contribution is 2.18. The van der Waals surface area contributed by atoms with Crippen molar-refractivity contribution in [3.8, 4) is 11.8 Å². The Morgan fingerprint density at radius 2 is 1.68 bits per heavy atom. The van der Waals surface area contributed by atoms with Crippen molar-refractivity contribution in [2.75, 3.05) is 6.54 Å². The lowest BCUT2D eigenvalue weighted by molar-refractivity contribution is -0.173. The average molecular weight is 347 g/mol.